The minimum Gasteiger partial charge on any atom is -0.412 e. The van der Waals surface area contributed by atoms with E-state index in [9.17, 15) is 0 Å². The van der Waals surface area contributed by atoms with Crippen LogP contribution in [0.15, 0.2) is 0 Å². The van der Waals surface area contributed by atoms with Gasteiger partial charge >= 0.3 is 0 Å². The molecule has 0 atom stereocenters. The van der Waals surface area contributed by atoms with E-state index in [0.29, 0.717) is 0 Å². The fourth-order valence-corrected chi connectivity index (χ4v) is 0. The molecule has 5 heavy (non-hydrogen) atoms. The van der Waals surface area contributed by atoms with Crippen LogP contribution in [0.5, 0.6) is 0 Å². The van der Waals surface area contributed by atoms with Crippen molar-refractivity contribution in [1.29, 1.82) is 0 Å². The largest absolute Gasteiger partial charge is 0.412 e. The molecule has 0 amide bonds. The molecule has 0 fully saturated rings. The third-order valence-electron chi connectivity index (χ3n) is 0. The molecular formula is H4Cd2Cl2O. The van der Waals surface area contributed by atoms with Crippen LogP contribution in [0.4, 0.5) is 0 Å². The molecule has 0 aromatic carbocycles. The van der Waals surface area contributed by atoms with E-state index in [2.05, 4.69) is 0 Å². The summed E-state index contributed by atoms with van der Waals surface area (Å²) in [7, 11) is 0. The van der Waals surface area contributed by atoms with Crippen LogP contribution in [-0.2, 0) is 54.6 Å². The molecule has 0 spiro atoms. The van der Waals surface area contributed by atoms with Crippen molar-refractivity contribution in [2.75, 3.05) is 0 Å². The van der Waals surface area contributed by atoms with Crippen LogP contribution in [0.1, 0.15) is 0 Å². The van der Waals surface area contributed by atoms with Gasteiger partial charge in [0.2, 0.25) is 0 Å². The summed E-state index contributed by atoms with van der Waals surface area (Å²) >= 11 is 0. The van der Waals surface area contributed by atoms with E-state index < -0.39 is 0 Å². The molecule has 0 rings (SSSR count). The van der Waals surface area contributed by atoms with E-state index >= 15 is 0 Å². The Morgan fingerprint density at radius 1 is 0.600 bits per heavy atom. The molecule has 0 saturated carbocycles. The van der Waals surface area contributed by atoms with Crippen LogP contribution < -0.4 is 0 Å². The second-order valence-corrected chi connectivity index (χ2v) is 0. The Morgan fingerprint density at radius 2 is 0.600 bits per heavy atom. The van der Waals surface area contributed by atoms with Crippen molar-refractivity contribution in [3.63, 3.8) is 0 Å². The van der Waals surface area contributed by atoms with E-state index in [1.807, 2.05) is 0 Å². The molecular weight excluding hydrogens is 312 g/mol. The first-order valence-electron chi connectivity index (χ1n) is 0. The molecule has 0 radical (unpaired) electrons. The Labute approximate surface area is 83.7 Å². The summed E-state index contributed by atoms with van der Waals surface area (Å²) < 4.78 is 0. The van der Waals surface area contributed by atoms with Gasteiger partial charge in [0, 0.05) is 54.6 Å². The first-order valence-corrected chi connectivity index (χ1v) is 0. The van der Waals surface area contributed by atoms with E-state index in [-0.39, 0.29) is 84.9 Å². The monoisotopic (exact) mass is 318 g/mol. The molecule has 0 aliphatic heterocycles. The quantitative estimate of drug-likeness (QED) is 0.564. The number of halogens is 2. The molecule has 0 saturated heterocycles. The zero-order valence-electron chi connectivity index (χ0n) is 2.73. The van der Waals surface area contributed by atoms with Crippen molar-refractivity contribution in [3.8, 4) is 0 Å². The van der Waals surface area contributed by atoms with Crippen LogP contribution in [-0.4, -0.2) is 5.48 Å². The van der Waals surface area contributed by atoms with Gasteiger partial charge in [-0.25, -0.2) is 0 Å². The molecule has 0 bridgehead atoms. The van der Waals surface area contributed by atoms with E-state index in [1.165, 1.54) is 0 Å². The van der Waals surface area contributed by atoms with Gasteiger partial charge in [-0.05, 0) is 0 Å². The third kappa shape index (κ3) is 21.6. The van der Waals surface area contributed by atoms with Crippen LogP contribution >= 0.6 is 24.8 Å². The predicted molar refractivity (Wildman–Crippen MR) is 18.1 cm³/mol. The Morgan fingerprint density at radius 3 is 0.600 bits per heavy atom. The summed E-state index contributed by atoms with van der Waals surface area (Å²) in [5, 5.41) is 0. The first kappa shape index (κ1) is 52.9. The van der Waals surface area contributed by atoms with Gasteiger partial charge < -0.3 is 5.48 Å². The zero-order valence-corrected chi connectivity index (χ0v) is 12.4. The van der Waals surface area contributed by atoms with Crippen molar-refractivity contribution >= 4 is 24.8 Å². The second kappa shape index (κ2) is 32.6. The molecule has 0 aliphatic carbocycles. The van der Waals surface area contributed by atoms with Crippen molar-refractivity contribution in [1.82, 2.24) is 0 Å². The molecule has 1 nitrogen and oxygen atoms in total. The predicted octanol–water partition coefficient (Wildman–Crippen LogP) is 0.0139. The Bertz CT molecular complexity index is 7.61. The van der Waals surface area contributed by atoms with Gasteiger partial charge in [0.05, 0.1) is 0 Å². The number of hydrogen-bond donors (Lipinski definition) is 0. The molecule has 0 aliphatic rings. The van der Waals surface area contributed by atoms with Gasteiger partial charge in [-0.3, -0.25) is 0 Å². The van der Waals surface area contributed by atoms with Crippen LogP contribution in [0.2, 0.25) is 0 Å². The minimum absolute atomic E-state index is 0. The SMILES string of the molecule is Cl.Cl.O.[Cd].[Cd]. The summed E-state index contributed by atoms with van der Waals surface area (Å²) in [6, 6.07) is 0. The molecule has 0 aromatic rings. The van der Waals surface area contributed by atoms with Crippen LogP contribution in [0.3, 0.4) is 0 Å². The summed E-state index contributed by atoms with van der Waals surface area (Å²) in [4.78, 5) is 0. The van der Waals surface area contributed by atoms with Crippen LogP contribution in [0, 0.1) is 0 Å². The Kier molecular flexibility index (Phi) is 345. The third-order valence-corrected chi connectivity index (χ3v) is 0. The van der Waals surface area contributed by atoms with Crippen molar-refractivity contribution in [2.45, 2.75) is 0 Å². The molecule has 0 unspecified atom stereocenters. The maximum atomic E-state index is 0. The minimum atomic E-state index is 0. The molecule has 0 heterocycles. The van der Waals surface area contributed by atoms with Gasteiger partial charge in [0.1, 0.15) is 0 Å². The Hall–Kier alpha value is 2.38. The Balaban J connectivity index is 0. The summed E-state index contributed by atoms with van der Waals surface area (Å²) in [5.74, 6) is 0. The standard InChI is InChI=1S/2Cd.2ClH.H2O/h;;2*1H;1H2. The van der Waals surface area contributed by atoms with Gasteiger partial charge in [0.15, 0.2) is 0 Å². The number of hydrogen-bond acceptors (Lipinski definition) is 0. The van der Waals surface area contributed by atoms with Crippen molar-refractivity contribution < 1.29 is 60.1 Å². The van der Waals surface area contributed by atoms with Gasteiger partial charge in [-0.15, -0.1) is 24.8 Å². The molecule has 5 heteroatoms. The summed E-state index contributed by atoms with van der Waals surface area (Å²) in [6.07, 6.45) is 0. The molecule has 2 N–H and O–H groups in total. The van der Waals surface area contributed by atoms with Crippen molar-refractivity contribution in [2.24, 2.45) is 0 Å². The first-order chi connectivity index (χ1) is 0. The van der Waals surface area contributed by atoms with Gasteiger partial charge in [-0.1, -0.05) is 0 Å². The maximum absolute atomic E-state index is 0. The summed E-state index contributed by atoms with van der Waals surface area (Å²) in [6.45, 7) is 0. The average Bonchev–Trinajstić information content (AvgIpc) is 0. The van der Waals surface area contributed by atoms with E-state index in [1.54, 1.807) is 0 Å². The molecule has 0 aromatic heterocycles. The number of rotatable bonds is 0. The average molecular weight is 316 g/mol. The van der Waals surface area contributed by atoms with E-state index in [0.717, 1.165) is 0 Å². The smallest absolute Gasteiger partial charge is 0 e. The normalized spacial score (nSPS) is 0. The van der Waals surface area contributed by atoms with Gasteiger partial charge in [0.25, 0.3) is 0 Å². The topological polar surface area (TPSA) is 31.5 Å². The zero-order chi connectivity index (χ0) is 0. The maximum Gasteiger partial charge on any atom is 0 e. The second-order valence-electron chi connectivity index (χ2n) is 0. The van der Waals surface area contributed by atoms with Crippen molar-refractivity contribution in [3.05, 3.63) is 0 Å². The fraction of sp³-hybridized carbons (Fsp3) is 0. The van der Waals surface area contributed by atoms with Gasteiger partial charge in [-0.2, -0.15) is 0 Å². The van der Waals surface area contributed by atoms with Crippen LogP contribution in [0.25, 0.3) is 0 Å². The van der Waals surface area contributed by atoms with E-state index in [4.69, 9.17) is 0 Å². The summed E-state index contributed by atoms with van der Waals surface area (Å²) in [5.41, 5.74) is 0. The molecule has 28 valence electrons. The fourth-order valence-electron chi connectivity index (χ4n) is 0.